The van der Waals surface area contributed by atoms with Crippen LogP contribution < -0.4 is 10.6 Å². The lowest BCUT2D eigenvalue weighted by atomic mass is 10.0. The predicted octanol–water partition coefficient (Wildman–Crippen LogP) is 0.662. The largest absolute Gasteiger partial charge is 0.355 e. The van der Waals surface area contributed by atoms with Gasteiger partial charge >= 0.3 is 0 Å². The first-order valence-electron chi connectivity index (χ1n) is 9.70. The Labute approximate surface area is 148 Å². The van der Waals surface area contributed by atoms with Crippen molar-refractivity contribution in [2.24, 2.45) is 4.99 Å². The van der Waals surface area contributed by atoms with E-state index in [2.05, 4.69) is 51.3 Å². The van der Waals surface area contributed by atoms with E-state index in [0.717, 1.165) is 32.1 Å². The number of aliphatic imine (C=N–C) groups is 1. The third-order valence-corrected chi connectivity index (χ3v) is 5.47. The van der Waals surface area contributed by atoms with Gasteiger partial charge in [-0.15, -0.1) is 0 Å². The van der Waals surface area contributed by atoms with Crippen LogP contribution in [0.3, 0.4) is 0 Å². The van der Waals surface area contributed by atoms with Crippen molar-refractivity contribution >= 4 is 5.96 Å². The molecule has 2 heterocycles. The standard InChI is InChI=1S/C18H38N6/c1-5-6-9-24-10-7-16(8-11-24)21-18(19-2)20-14-17-15-22(3)12-13-23(17)4/h16-17H,5-15H2,1-4H3,(H2,19,20,21). The molecule has 1 unspecified atom stereocenters. The first-order valence-corrected chi connectivity index (χ1v) is 9.70. The number of likely N-dealkylation sites (tertiary alicyclic amines) is 1. The van der Waals surface area contributed by atoms with Crippen LogP contribution in [0, 0.1) is 0 Å². The molecule has 0 radical (unpaired) electrons. The minimum Gasteiger partial charge on any atom is -0.355 e. The lowest BCUT2D eigenvalue weighted by Crippen LogP contribution is -2.56. The predicted molar refractivity (Wildman–Crippen MR) is 103 cm³/mol. The van der Waals surface area contributed by atoms with Gasteiger partial charge in [0, 0.05) is 58.4 Å². The van der Waals surface area contributed by atoms with Crippen molar-refractivity contribution < 1.29 is 0 Å². The average Bonchev–Trinajstić information content (AvgIpc) is 2.60. The number of nitrogens with zero attached hydrogens (tertiary/aromatic N) is 4. The number of hydrogen-bond acceptors (Lipinski definition) is 4. The van der Waals surface area contributed by atoms with Crippen LogP contribution in [-0.2, 0) is 0 Å². The molecule has 2 saturated heterocycles. The maximum absolute atomic E-state index is 4.43. The number of nitrogens with one attached hydrogen (secondary N) is 2. The fourth-order valence-electron chi connectivity index (χ4n) is 3.61. The van der Waals surface area contributed by atoms with Gasteiger partial charge < -0.3 is 20.4 Å². The summed E-state index contributed by atoms with van der Waals surface area (Å²) in [5.41, 5.74) is 0. The molecule has 2 rings (SSSR count). The minimum absolute atomic E-state index is 0.554. The topological polar surface area (TPSA) is 46.1 Å². The van der Waals surface area contributed by atoms with Crippen LogP contribution in [0.15, 0.2) is 4.99 Å². The molecule has 2 aliphatic heterocycles. The molecule has 0 saturated carbocycles. The zero-order chi connectivity index (χ0) is 17.4. The van der Waals surface area contributed by atoms with E-state index in [0.29, 0.717) is 12.1 Å². The number of guanidine groups is 1. The fraction of sp³-hybridized carbons (Fsp3) is 0.944. The molecule has 2 aliphatic rings. The lowest BCUT2D eigenvalue weighted by molar-refractivity contribution is 0.116. The summed E-state index contributed by atoms with van der Waals surface area (Å²) < 4.78 is 0. The SMILES string of the molecule is CCCCN1CCC(NC(=NC)NCC2CN(C)CCN2C)CC1. The summed E-state index contributed by atoms with van der Waals surface area (Å²) in [5.74, 6) is 0.962. The normalized spacial score (nSPS) is 25.8. The molecule has 0 amide bonds. The lowest BCUT2D eigenvalue weighted by Gasteiger charge is -2.38. The zero-order valence-corrected chi connectivity index (χ0v) is 16.2. The summed E-state index contributed by atoms with van der Waals surface area (Å²) in [6.45, 7) is 10.3. The average molecular weight is 339 g/mol. The Morgan fingerprint density at radius 2 is 1.88 bits per heavy atom. The molecule has 2 N–H and O–H groups in total. The van der Waals surface area contributed by atoms with Crippen molar-refractivity contribution in [3.8, 4) is 0 Å². The number of piperidine rings is 1. The molecule has 0 bridgehead atoms. The highest BCUT2D eigenvalue weighted by molar-refractivity contribution is 5.80. The summed E-state index contributed by atoms with van der Waals surface area (Å²) in [4.78, 5) is 11.9. The molecule has 0 aromatic carbocycles. The Bertz CT molecular complexity index is 378. The Hall–Kier alpha value is -0.850. The van der Waals surface area contributed by atoms with Gasteiger partial charge in [0.15, 0.2) is 5.96 Å². The van der Waals surface area contributed by atoms with Crippen molar-refractivity contribution in [3.63, 3.8) is 0 Å². The summed E-state index contributed by atoms with van der Waals surface area (Å²) >= 11 is 0. The Morgan fingerprint density at radius 1 is 1.12 bits per heavy atom. The van der Waals surface area contributed by atoms with Gasteiger partial charge in [-0.1, -0.05) is 13.3 Å². The van der Waals surface area contributed by atoms with E-state index in [9.17, 15) is 0 Å². The highest BCUT2D eigenvalue weighted by Crippen LogP contribution is 2.11. The van der Waals surface area contributed by atoms with Crippen LogP contribution in [0.4, 0.5) is 0 Å². The van der Waals surface area contributed by atoms with E-state index in [1.54, 1.807) is 0 Å². The van der Waals surface area contributed by atoms with Crippen LogP contribution in [0.25, 0.3) is 0 Å². The molecular weight excluding hydrogens is 300 g/mol. The fourth-order valence-corrected chi connectivity index (χ4v) is 3.61. The first kappa shape index (κ1) is 19.5. The van der Waals surface area contributed by atoms with Crippen molar-refractivity contribution in [1.29, 1.82) is 0 Å². The highest BCUT2D eigenvalue weighted by Gasteiger charge is 2.23. The second kappa shape index (κ2) is 10.2. The van der Waals surface area contributed by atoms with Gasteiger partial charge in [-0.05, 0) is 39.9 Å². The third-order valence-electron chi connectivity index (χ3n) is 5.47. The van der Waals surface area contributed by atoms with E-state index in [-0.39, 0.29) is 0 Å². The molecular formula is C18H38N6. The number of hydrogen-bond donors (Lipinski definition) is 2. The molecule has 2 fully saturated rings. The van der Waals surface area contributed by atoms with Gasteiger partial charge in [-0.2, -0.15) is 0 Å². The molecule has 0 aromatic rings. The number of likely N-dealkylation sites (N-methyl/N-ethyl adjacent to an activating group) is 2. The van der Waals surface area contributed by atoms with E-state index >= 15 is 0 Å². The second-order valence-corrected chi connectivity index (χ2v) is 7.46. The van der Waals surface area contributed by atoms with Gasteiger partial charge in [0.05, 0.1) is 0 Å². The van der Waals surface area contributed by atoms with E-state index < -0.39 is 0 Å². The molecule has 24 heavy (non-hydrogen) atoms. The second-order valence-electron chi connectivity index (χ2n) is 7.46. The van der Waals surface area contributed by atoms with Gasteiger partial charge in [0.25, 0.3) is 0 Å². The van der Waals surface area contributed by atoms with Crippen molar-refractivity contribution in [2.75, 3.05) is 67.0 Å². The number of rotatable bonds is 6. The van der Waals surface area contributed by atoms with E-state index in [1.807, 2.05) is 7.05 Å². The van der Waals surface area contributed by atoms with Crippen molar-refractivity contribution in [1.82, 2.24) is 25.3 Å². The molecule has 1 atom stereocenters. The summed E-state index contributed by atoms with van der Waals surface area (Å²) in [7, 11) is 6.31. The molecule has 0 spiro atoms. The van der Waals surface area contributed by atoms with E-state index in [4.69, 9.17) is 0 Å². The molecule has 0 aromatic heterocycles. The van der Waals surface area contributed by atoms with Gasteiger partial charge in [0.1, 0.15) is 0 Å². The third kappa shape index (κ3) is 6.22. The summed E-state index contributed by atoms with van der Waals surface area (Å²) in [6.07, 6.45) is 5.05. The summed E-state index contributed by atoms with van der Waals surface area (Å²) in [6, 6.07) is 1.11. The van der Waals surface area contributed by atoms with Gasteiger partial charge in [0.2, 0.25) is 0 Å². The maximum Gasteiger partial charge on any atom is 0.191 e. The monoisotopic (exact) mass is 338 g/mol. The van der Waals surface area contributed by atoms with Gasteiger partial charge in [-0.25, -0.2) is 0 Å². The summed E-state index contributed by atoms with van der Waals surface area (Å²) in [5, 5.41) is 7.17. The van der Waals surface area contributed by atoms with E-state index in [1.165, 1.54) is 45.3 Å². The number of piperazine rings is 1. The molecule has 6 nitrogen and oxygen atoms in total. The first-order chi connectivity index (χ1) is 11.6. The molecule has 0 aliphatic carbocycles. The maximum atomic E-state index is 4.43. The van der Waals surface area contributed by atoms with Crippen LogP contribution in [0.2, 0.25) is 0 Å². The molecule has 6 heteroatoms. The Morgan fingerprint density at radius 3 is 2.54 bits per heavy atom. The quantitative estimate of drug-likeness (QED) is 0.550. The van der Waals surface area contributed by atoms with Gasteiger partial charge in [-0.3, -0.25) is 9.89 Å². The Kier molecular flexibility index (Phi) is 8.29. The van der Waals surface area contributed by atoms with Crippen molar-refractivity contribution in [2.45, 2.75) is 44.7 Å². The van der Waals surface area contributed by atoms with Crippen LogP contribution in [0.5, 0.6) is 0 Å². The van der Waals surface area contributed by atoms with Crippen LogP contribution >= 0.6 is 0 Å². The van der Waals surface area contributed by atoms with Crippen LogP contribution in [0.1, 0.15) is 32.6 Å². The van der Waals surface area contributed by atoms with Crippen molar-refractivity contribution in [3.05, 3.63) is 0 Å². The zero-order valence-electron chi connectivity index (χ0n) is 16.2. The highest BCUT2D eigenvalue weighted by atomic mass is 15.3. The van der Waals surface area contributed by atoms with Crippen LogP contribution in [-0.4, -0.2) is 99.7 Å². The molecule has 140 valence electrons. The number of unbranched alkanes of at least 4 members (excludes halogenated alkanes) is 1. The minimum atomic E-state index is 0.554. The smallest absolute Gasteiger partial charge is 0.191 e. The Balaban J connectivity index is 1.69.